The van der Waals surface area contributed by atoms with E-state index in [9.17, 15) is 19.1 Å². The second-order valence-electron chi connectivity index (χ2n) is 7.01. The maximum Gasteiger partial charge on any atom is 0.313 e. The molecule has 1 unspecified atom stereocenters. The summed E-state index contributed by atoms with van der Waals surface area (Å²) in [6, 6.07) is 14.9. The number of halogens is 1. The number of thiazole rings is 1. The number of rotatable bonds is 9. The summed E-state index contributed by atoms with van der Waals surface area (Å²) in [5, 5.41) is 12.0. The van der Waals surface area contributed by atoms with Crippen LogP contribution in [-0.2, 0) is 16.0 Å². The van der Waals surface area contributed by atoms with Crippen LogP contribution in [0.3, 0.4) is 0 Å². The van der Waals surface area contributed by atoms with Crippen LogP contribution in [0.2, 0.25) is 0 Å². The Hall–Kier alpha value is -3.06. The molecule has 1 aromatic heterocycles. The molecule has 1 heterocycles. The van der Waals surface area contributed by atoms with Crippen LogP contribution in [0.1, 0.15) is 19.0 Å². The first-order chi connectivity index (χ1) is 13.9. The number of benzene rings is 2. The molecule has 0 fully saturated rings. The quantitative estimate of drug-likeness (QED) is 0.554. The lowest BCUT2D eigenvalue weighted by Gasteiger charge is -2.24. The van der Waals surface area contributed by atoms with E-state index in [1.54, 1.807) is 41.8 Å². The van der Waals surface area contributed by atoms with Gasteiger partial charge in [0.1, 0.15) is 34.4 Å². The number of hydrogen-bond donors (Lipinski definition) is 1. The van der Waals surface area contributed by atoms with E-state index in [0.29, 0.717) is 22.0 Å². The van der Waals surface area contributed by atoms with E-state index in [2.05, 4.69) is 4.98 Å². The van der Waals surface area contributed by atoms with Gasteiger partial charge in [0.05, 0.1) is 5.69 Å². The van der Waals surface area contributed by atoms with Gasteiger partial charge in [-0.25, -0.2) is 9.37 Å². The minimum atomic E-state index is -1.35. The Morgan fingerprint density at radius 1 is 1.17 bits per heavy atom. The number of carbonyl (C=O) groups excluding carboxylic acids is 1. The third-order valence-corrected chi connectivity index (χ3v) is 5.35. The van der Waals surface area contributed by atoms with Crippen molar-refractivity contribution in [2.45, 2.75) is 19.8 Å². The van der Waals surface area contributed by atoms with E-state index in [1.165, 1.54) is 30.4 Å². The van der Waals surface area contributed by atoms with Crippen LogP contribution in [0.5, 0.6) is 5.75 Å². The topological polar surface area (TPSA) is 76.5 Å². The number of aliphatic carboxylic acids is 1. The molecule has 3 rings (SSSR count). The molecule has 0 bridgehead atoms. The van der Waals surface area contributed by atoms with Gasteiger partial charge in [-0.3, -0.25) is 9.59 Å². The van der Waals surface area contributed by atoms with Gasteiger partial charge in [0.15, 0.2) is 0 Å². The Kier molecular flexibility index (Phi) is 6.39. The van der Waals surface area contributed by atoms with Crippen LogP contribution in [-0.4, -0.2) is 28.4 Å². The number of carboxylic acid groups (broad SMARTS) is 1. The first-order valence-electron chi connectivity index (χ1n) is 8.99. The number of ether oxygens (including phenoxy) is 1. The first kappa shape index (κ1) is 20.7. The summed E-state index contributed by atoms with van der Waals surface area (Å²) in [4.78, 5) is 28.7. The highest BCUT2D eigenvalue weighted by Crippen LogP contribution is 2.27. The Balaban J connectivity index is 1.64. The molecule has 1 N–H and O–H groups in total. The van der Waals surface area contributed by atoms with Crippen LogP contribution in [0.4, 0.5) is 4.39 Å². The van der Waals surface area contributed by atoms with Gasteiger partial charge >= 0.3 is 5.97 Å². The molecule has 1 atom stereocenters. The van der Waals surface area contributed by atoms with Crippen molar-refractivity contribution in [1.29, 1.82) is 0 Å². The molecule has 0 aliphatic heterocycles. The molecule has 0 aliphatic carbocycles. The summed E-state index contributed by atoms with van der Waals surface area (Å²) in [6.07, 6.45) is -0.165. The monoisotopic (exact) mass is 413 g/mol. The number of aromatic nitrogens is 1. The van der Waals surface area contributed by atoms with Crippen LogP contribution in [0, 0.1) is 11.2 Å². The summed E-state index contributed by atoms with van der Waals surface area (Å²) in [7, 11) is 0. The van der Waals surface area contributed by atoms with E-state index in [4.69, 9.17) is 4.74 Å². The predicted molar refractivity (Wildman–Crippen MR) is 109 cm³/mol. The van der Waals surface area contributed by atoms with Gasteiger partial charge in [-0.05, 0) is 31.2 Å². The lowest BCUT2D eigenvalue weighted by molar-refractivity contribution is -0.152. The van der Waals surface area contributed by atoms with Crippen molar-refractivity contribution in [2.24, 2.45) is 5.41 Å². The third-order valence-electron chi connectivity index (χ3n) is 4.41. The average molecular weight is 413 g/mol. The maximum atomic E-state index is 13.4. The molecule has 0 saturated heterocycles. The van der Waals surface area contributed by atoms with Crippen molar-refractivity contribution in [2.75, 3.05) is 6.61 Å². The number of para-hydroxylation sites is 1. The summed E-state index contributed by atoms with van der Waals surface area (Å²) >= 11 is 1.31. The van der Waals surface area contributed by atoms with Crippen LogP contribution >= 0.6 is 11.3 Å². The van der Waals surface area contributed by atoms with Crippen molar-refractivity contribution in [3.63, 3.8) is 0 Å². The molecule has 29 heavy (non-hydrogen) atoms. The third kappa shape index (κ3) is 5.48. The minimum Gasteiger partial charge on any atom is -0.492 e. The lowest BCUT2D eigenvalue weighted by Crippen LogP contribution is -2.36. The van der Waals surface area contributed by atoms with Gasteiger partial charge in [0, 0.05) is 23.8 Å². The van der Waals surface area contributed by atoms with Crippen molar-refractivity contribution in [3.05, 3.63) is 71.5 Å². The van der Waals surface area contributed by atoms with Crippen LogP contribution in [0.25, 0.3) is 10.6 Å². The largest absolute Gasteiger partial charge is 0.492 e. The molecule has 0 amide bonds. The summed E-state index contributed by atoms with van der Waals surface area (Å²) < 4.78 is 19.0. The number of nitrogens with zero attached hydrogens (tertiary/aromatic N) is 1. The molecule has 7 heteroatoms. The SMILES string of the molecule is CC(COc1ccccc1)(CC(=O)Cc1csc(-c2cccc(F)c2)n1)C(=O)O. The van der Waals surface area contributed by atoms with E-state index in [1.807, 2.05) is 6.07 Å². The molecule has 0 spiro atoms. The zero-order chi connectivity index (χ0) is 20.9. The molecule has 3 aromatic rings. The van der Waals surface area contributed by atoms with Crippen molar-refractivity contribution >= 4 is 23.1 Å². The number of carboxylic acids is 1. The van der Waals surface area contributed by atoms with Crippen molar-refractivity contribution in [3.8, 4) is 16.3 Å². The lowest BCUT2D eigenvalue weighted by atomic mass is 9.85. The highest BCUT2D eigenvalue weighted by Gasteiger charge is 2.36. The maximum absolute atomic E-state index is 13.4. The number of Topliss-reactive ketones (excluding diaryl/α,β-unsaturated/α-hetero) is 1. The van der Waals surface area contributed by atoms with Gasteiger partial charge in [-0.1, -0.05) is 30.3 Å². The fourth-order valence-electron chi connectivity index (χ4n) is 2.79. The molecule has 0 saturated carbocycles. The van der Waals surface area contributed by atoms with Crippen LogP contribution < -0.4 is 4.74 Å². The predicted octanol–water partition coefficient (Wildman–Crippen LogP) is 4.62. The van der Waals surface area contributed by atoms with Gasteiger partial charge in [0.25, 0.3) is 0 Å². The highest BCUT2D eigenvalue weighted by atomic mass is 32.1. The molecule has 5 nitrogen and oxygen atoms in total. The molecule has 0 radical (unpaired) electrons. The zero-order valence-electron chi connectivity index (χ0n) is 15.8. The Morgan fingerprint density at radius 3 is 2.62 bits per heavy atom. The van der Waals surface area contributed by atoms with Gasteiger partial charge < -0.3 is 9.84 Å². The van der Waals surface area contributed by atoms with E-state index in [-0.39, 0.29) is 31.0 Å². The fourth-order valence-corrected chi connectivity index (χ4v) is 3.61. The highest BCUT2D eigenvalue weighted by molar-refractivity contribution is 7.13. The fraction of sp³-hybridized carbons (Fsp3) is 0.227. The Labute approximate surface area is 171 Å². The average Bonchev–Trinajstić information content (AvgIpc) is 3.15. The number of ketones is 1. The standard InChI is InChI=1S/C22H20FNO4S/c1-22(21(26)27,14-28-19-8-3-2-4-9-19)12-18(25)11-17-13-29-20(24-17)15-6-5-7-16(23)10-15/h2-10,13H,11-12,14H2,1H3,(H,26,27). The number of carbonyl (C=O) groups is 2. The molecule has 150 valence electrons. The second-order valence-corrected chi connectivity index (χ2v) is 7.87. The summed E-state index contributed by atoms with van der Waals surface area (Å²) in [5.74, 6) is -1.15. The molecule has 0 aliphatic rings. The number of hydrogen-bond acceptors (Lipinski definition) is 5. The Bertz CT molecular complexity index is 1000. The summed E-state index contributed by atoms with van der Waals surface area (Å²) in [5.41, 5.74) is -0.176. The molecule has 2 aromatic carbocycles. The van der Waals surface area contributed by atoms with E-state index >= 15 is 0 Å². The van der Waals surface area contributed by atoms with E-state index < -0.39 is 11.4 Å². The second kappa shape index (κ2) is 8.96. The minimum absolute atomic E-state index is 0.0139. The molecular weight excluding hydrogens is 393 g/mol. The van der Waals surface area contributed by atoms with Crippen molar-refractivity contribution < 1.29 is 23.8 Å². The Morgan fingerprint density at radius 2 is 1.93 bits per heavy atom. The van der Waals surface area contributed by atoms with Crippen LogP contribution in [0.15, 0.2) is 60.0 Å². The van der Waals surface area contributed by atoms with Crippen molar-refractivity contribution in [1.82, 2.24) is 4.98 Å². The van der Waals surface area contributed by atoms with Gasteiger partial charge in [-0.2, -0.15) is 0 Å². The van der Waals surface area contributed by atoms with E-state index in [0.717, 1.165) is 0 Å². The normalized spacial score (nSPS) is 12.9. The van der Waals surface area contributed by atoms with Gasteiger partial charge in [-0.15, -0.1) is 11.3 Å². The summed E-state index contributed by atoms with van der Waals surface area (Å²) in [6.45, 7) is 1.37. The zero-order valence-corrected chi connectivity index (χ0v) is 16.6. The molecular formula is C22H20FNO4S. The van der Waals surface area contributed by atoms with Gasteiger partial charge in [0.2, 0.25) is 0 Å². The smallest absolute Gasteiger partial charge is 0.313 e. The first-order valence-corrected chi connectivity index (χ1v) is 9.87.